The van der Waals surface area contributed by atoms with Gasteiger partial charge in [0.05, 0.1) is 107 Å². The second-order valence-corrected chi connectivity index (χ2v) is 27.8. The molecule has 7 saturated heterocycles. The summed E-state index contributed by atoms with van der Waals surface area (Å²) < 4.78 is 128. The Hall–Kier alpha value is 0.160. The number of fused-ring (bicyclic) bond motifs is 1. The van der Waals surface area contributed by atoms with Gasteiger partial charge in [-0.15, -0.1) is 0 Å². The second-order valence-electron chi connectivity index (χ2n) is 23.5. The summed E-state index contributed by atoms with van der Waals surface area (Å²) in [7, 11) is 21.1. The van der Waals surface area contributed by atoms with Crippen molar-refractivity contribution in [3.05, 3.63) is 0 Å². The average molecular weight is 1260 g/mol. The number of nitrogens with two attached hydrogens (primary N) is 1. The Morgan fingerprint density at radius 2 is 0.976 bits per heavy atom. The molecule has 0 aliphatic carbocycles. The third-order valence-corrected chi connectivity index (χ3v) is 16.7. The van der Waals surface area contributed by atoms with E-state index in [-0.39, 0.29) is 133 Å². The average Bonchev–Trinajstić information content (AvgIpc) is 2.02. The molecule has 7 rings (SSSR count). The molecule has 85 heavy (non-hydrogen) atoms. The molecule has 0 bridgehead atoms. The first kappa shape index (κ1) is 77.6. The van der Waals surface area contributed by atoms with Gasteiger partial charge in [-0.3, -0.25) is 18.8 Å². The van der Waals surface area contributed by atoms with Gasteiger partial charge in [0.2, 0.25) is 7.75 Å². The van der Waals surface area contributed by atoms with Crippen molar-refractivity contribution in [3.8, 4) is 0 Å². The van der Waals surface area contributed by atoms with Crippen molar-refractivity contribution in [2.75, 3.05) is 52.7 Å². The quantitative estimate of drug-likeness (QED) is 0.0730. The fraction of sp³-hybridized carbons (Fsp3) is 1.00. The Kier molecular flexibility index (Phi) is 32.4. The van der Waals surface area contributed by atoms with E-state index in [2.05, 4.69) is 5.09 Å². The Bertz CT molecular complexity index is 2100. The van der Waals surface area contributed by atoms with Gasteiger partial charge < -0.3 is 105 Å². The third kappa shape index (κ3) is 26.6. The molecule has 7 aliphatic rings. The molecular formula is C50H90B6N2O24P3-3. The van der Waals surface area contributed by atoms with E-state index in [4.69, 9.17) is 137 Å². The van der Waals surface area contributed by atoms with Crippen molar-refractivity contribution in [2.24, 2.45) is 5.73 Å². The van der Waals surface area contributed by atoms with Gasteiger partial charge >= 0.3 is 0 Å². The number of nitrogens with one attached hydrogen (secondary N) is 1. The fourth-order valence-corrected chi connectivity index (χ4v) is 13.0. The predicted molar refractivity (Wildman–Crippen MR) is 309 cm³/mol. The monoisotopic (exact) mass is 1260 g/mol. The van der Waals surface area contributed by atoms with E-state index < -0.39 is 101 Å². The van der Waals surface area contributed by atoms with Crippen LogP contribution in [-0.4, -0.2) is 250 Å². The van der Waals surface area contributed by atoms with Crippen molar-refractivity contribution >= 4 is 70.5 Å². The minimum Gasteiger partial charge on any atom is -0.766 e. The highest BCUT2D eigenvalue weighted by Crippen LogP contribution is 2.49. The van der Waals surface area contributed by atoms with Gasteiger partial charge in [0, 0.05) is 49.1 Å². The van der Waals surface area contributed by atoms with Crippen LogP contribution in [0.15, 0.2) is 0 Å². The molecule has 35 heteroatoms. The largest absolute Gasteiger partial charge is 0.766 e. The summed E-state index contributed by atoms with van der Waals surface area (Å²) in [5.74, 6) is 0. The number of hydrogen-bond acceptors (Lipinski definition) is 25. The van der Waals surface area contributed by atoms with Crippen LogP contribution in [0, 0.1) is 0 Å². The molecule has 7 heterocycles. The molecule has 0 aromatic rings. The molecule has 0 aromatic heterocycles. The Morgan fingerprint density at radius 1 is 0.565 bits per heavy atom. The van der Waals surface area contributed by atoms with Crippen LogP contribution in [0.5, 0.6) is 0 Å². The molecule has 4 N–H and O–H groups in total. The summed E-state index contributed by atoms with van der Waals surface area (Å²) in [5, 5.41) is 11.2. The summed E-state index contributed by atoms with van der Waals surface area (Å²) >= 11 is 0. The summed E-state index contributed by atoms with van der Waals surface area (Å²) in [4.78, 5) is 36.1. The van der Waals surface area contributed by atoms with Gasteiger partial charge in [0.15, 0.2) is 0 Å². The van der Waals surface area contributed by atoms with Crippen molar-refractivity contribution in [1.82, 2.24) is 5.09 Å². The molecule has 26 nitrogen and oxygen atoms in total. The third-order valence-electron chi connectivity index (χ3n) is 13.7. The zero-order valence-electron chi connectivity index (χ0n) is 51.3. The molecule has 0 aromatic carbocycles. The van der Waals surface area contributed by atoms with Crippen molar-refractivity contribution < 1.29 is 113 Å². The minimum atomic E-state index is -4.71. The zero-order valence-corrected chi connectivity index (χ0v) is 54.0. The number of phosphoric ester groups is 2. The summed E-state index contributed by atoms with van der Waals surface area (Å²) in [6, 6.07) is -3.21. The normalized spacial score (nSPS) is 38.7. The van der Waals surface area contributed by atoms with Gasteiger partial charge in [-0.2, -0.15) is 0 Å². The maximum atomic E-state index is 12.5. The number of aliphatic hydroxyl groups is 1. The van der Waals surface area contributed by atoms with Gasteiger partial charge in [-0.25, -0.2) is 0 Å². The molecular weight excluding hydrogens is 1170 g/mol. The number of phosphoric acid groups is 2. The molecule has 21 atom stereocenters. The van der Waals surface area contributed by atoms with Gasteiger partial charge in [0.25, 0.3) is 15.6 Å². The van der Waals surface area contributed by atoms with Crippen LogP contribution >= 0.6 is 23.4 Å². The van der Waals surface area contributed by atoms with Crippen LogP contribution in [0.4, 0.5) is 0 Å². The number of hydrogen-bond donors (Lipinski definition) is 3. The van der Waals surface area contributed by atoms with Crippen LogP contribution in [-0.2, 0) is 93.2 Å². The molecule has 0 amide bonds. The molecule has 12 radical (unpaired) electrons. The van der Waals surface area contributed by atoms with E-state index >= 15 is 0 Å². The van der Waals surface area contributed by atoms with Crippen LogP contribution in [0.1, 0.15) is 122 Å². The number of aliphatic hydroxyl groups excluding tert-OH is 1. The van der Waals surface area contributed by atoms with Gasteiger partial charge in [0.1, 0.15) is 88.8 Å². The first-order valence-corrected chi connectivity index (χ1v) is 33.6. The summed E-state index contributed by atoms with van der Waals surface area (Å²) in [6.07, 6.45) is -2.79. The van der Waals surface area contributed by atoms with Crippen LogP contribution in [0.2, 0.25) is 0 Å². The van der Waals surface area contributed by atoms with Crippen molar-refractivity contribution in [3.63, 3.8) is 0 Å². The lowest BCUT2D eigenvalue weighted by atomic mass is 9.92. The number of ether oxygens (including phenoxy) is 12. The minimum absolute atomic E-state index is 0.0227. The Morgan fingerprint density at radius 3 is 1.42 bits per heavy atom. The maximum Gasteiger partial charge on any atom is 0.268 e. The van der Waals surface area contributed by atoms with Gasteiger partial charge in [-0.1, -0.05) is 0 Å². The summed E-state index contributed by atoms with van der Waals surface area (Å²) in [6.45, 7) is 22.7. The van der Waals surface area contributed by atoms with E-state index in [0.29, 0.717) is 25.7 Å². The molecule has 0 spiro atoms. The van der Waals surface area contributed by atoms with Crippen molar-refractivity contribution in [1.29, 1.82) is 0 Å². The van der Waals surface area contributed by atoms with E-state index in [0.717, 1.165) is 0 Å². The lowest BCUT2D eigenvalue weighted by Gasteiger charge is -2.43. The lowest BCUT2D eigenvalue weighted by molar-refractivity contribution is -0.239. The smallest absolute Gasteiger partial charge is 0.268 e. The molecule has 7 aliphatic heterocycles. The van der Waals surface area contributed by atoms with E-state index in [9.17, 15) is 28.4 Å². The van der Waals surface area contributed by atoms with Gasteiger partial charge in [-0.05, 0) is 122 Å². The molecule has 7 fully saturated rings. The van der Waals surface area contributed by atoms with E-state index in [1.807, 2.05) is 83.1 Å². The van der Waals surface area contributed by atoms with Crippen LogP contribution < -0.4 is 25.5 Å². The molecule has 0 saturated carbocycles. The highest BCUT2D eigenvalue weighted by molar-refractivity contribution is 7.49. The highest BCUT2D eigenvalue weighted by atomic mass is 31.2. The Labute approximate surface area is 511 Å². The molecule has 9 unspecified atom stereocenters. The van der Waals surface area contributed by atoms with Crippen molar-refractivity contribution in [2.45, 2.75) is 266 Å². The second kappa shape index (κ2) is 35.4. The first-order valence-electron chi connectivity index (χ1n) is 29.1. The fourth-order valence-electron chi connectivity index (χ4n) is 9.91. The van der Waals surface area contributed by atoms with Crippen LogP contribution in [0.25, 0.3) is 0 Å². The maximum absolute atomic E-state index is 12.5. The standard InChI is InChI=1S/C17H32B2NO8P.C16H29B2O8P.C9H17BNO5P.C8H15BO3/c1-10(2)23-9-17(8-20)14(6-16(19)27-17)28-29(21,22)24-7-13-12(25-11(3)4)5-15(18)26-13;1-9(2)21-7-13-12(6-16(18)24-13)26-27(19,20)22-8-14-11(23-10(3)4)5-15(17)25-14;1-6(2)14-5-9-4-11-17(12,13)16-7(9)3-8(10)15-9;1-5(2)11-6-3-8(9)12-7(6)4-10/h10-16H,5-9,20H2,1-4H3,(H,21,22);9-16H,5-8H2,1-4H3,(H,19,20);6-8H,3-5H2,1-2H3,(H2,11,12,13);5-8,10H,3-4H2,1-2H3/p-3/t12?,13-,14?,15-,16-,17-;11?,12?,13-,14-,15-,16-;7?,8-,9-;6?,7-,8-/m1111/s1. The predicted octanol–water partition coefficient (Wildman–Crippen LogP) is 0.191. The first-order chi connectivity index (χ1) is 39.5. The zero-order chi connectivity index (χ0) is 63.8. The van der Waals surface area contributed by atoms with Crippen LogP contribution in [0.3, 0.4) is 0 Å². The van der Waals surface area contributed by atoms with E-state index in [1.165, 1.54) is 0 Å². The highest BCUT2D eigenvalue weighted by Gasteiger charge is 2.53. The molecule has 480 valence electrons. The summed E-state index contributed by atoms with van der Waals surface area (Å²) in [5.41, 5.74) is 3.87. The Balaban J connectivity index is 0.000000255. The SMILES string of the molecule is [B][C@H]1CC(OC(C)C)[C@@H](CO)O1.[B][C@H]1CC(OC(C)C)[C@@H](COP(=O)([O-])OC2C[C@H]([B])O[C@@H]2COC(C)C)O1.[B][C@H]1CC(OC(C)C)[C@@H](COP(=O)([O-])OC2C[C@H]([B])O[C@]2(CN)COC(C)C)O1.[B][C@H]1CC2OP(=O)([O-])NC[C@]2(COC(C)C)O1. The lowest BCUT2D eigenvalue weighted by Crippen LogP contribution is -2.57. The number of rotatable bonds is 27. The van der Waals surface area contributed by atoms with E-state index in [1.54, 1.807) is 0 Å². The topological polar surface area (TPSA) is 336 Å².